The summed E-state index contributed by atoms with van der Waals surface area (Å²) >= 11 is 0. The Morgan fingerprint density at radius 2 is 1.79 bits per heavy atom. The van der Waals surface area contributed by atoms with Gasteiger partial charge < -0.3 is 10.1 Å². The third-order valence-electron chi connectivity index (χ3n) is 5.21. The van der Waals surface area contributed by atoms with Crippen LogP contribution in [0.5, 0.6) is 5.75 Å². The lowest BCUT2D eigenvalue weighted by Gasteiger charge is -2.31. The molecule has 1 saturated heterocycles. The summed E-state index contributed by atoms with van der Waals surface area (Å²) in [5.74, 6) is 1.02. The zero-order valence-electron chi connectivity index (χ0n) is 18.2. The Morgan fingerprint density at radius 3 is 2.34 bits per heavy atom. The molecule has 0 bridgehead atoms. The average Bonchev–Trinajstić information content (AvgIpc) is 2.65. The highest BCUT2D eigenvalue weighted by Crippen LogP contribution is 2.24. The molecule has 0 spiro atoms. The first-order valence-electron chi connectivity index (χ1n) is 10.6. The summed E-state index contributed by atoms with van der Waals surface area (Å²) in [6, 6.07) is 8.16. The van der Waals surface area contributed by atoms with Gasteiger partial charge in [0.1, 0.15) is 5.75 Å². The highest BCUT2D eigenvalue weighted by atomic mass is 32.2. The van der Waals surface area contributed by atoms with Crippen LogP contribution in [0.2, 0.25) is 0 Å². The zero-order valence-corrected chi connectivity index (χ0v) is 19.1. The van der Waals surface area contributed by atoms with Crippen LogP contribution in [0.25, 0.3) is 0 Å². The number of piperidine rings is 1. The molecular formula is C22H36N2O4S. The van der Waals surface area contributed by atoms with Crippen LogP contribution < -0.4 is 10.1 Å². The number of amides is 1. The van der Waals surface area contributed by atoms with Gasteiger partial charge in [-0.3, -0.25) is 4.79 Å². The standard InChI is InChI=1S/C22H36N2O4S/c1-5-17-29(26,27)24-14-12-19(13-15-24)23-21(25)7-6-16-28-20-10-8-18(9-11-20)22(2,3)4/h8-11,19H,5-7,12-17H2,1-4H3,(H,23,25). The first-order chi connectivity index (χ1) is 13.6. The Bertz CT molecular complexity index is 746. The van der Waals surface area contributed by atoms with E-state index in [-0.39, 0.29) is 23.1 Å². The second-order valence-corrected chi connectivity index (χ2v) is 10.9. The fourth-order valence-corrected chi connectivity index (χ4v) is 4.98. The number of nitrogens with one attached hydrogen (secondary N) is 1. The number of hydrogen-bond acceptors (Lipinski definition) is 4. The first kappa shape index (κ1) is 23.7. The normalized spacial score (nSPS) is 16.6. The van der Waals surface area contributed by atoms with Crippen molar-refractivity contribution in [3.8, 4) is 5.75 Å². The number of benzene rings is 1. The summed E-state index contributed by atoms with van der Waals surface area (Å²) in [5, 5.41) is 3.03. The molecule has 0 atom stereocenters. The van der Waals surface area contributed by atoms with E-state index in [2.05, 4.69) is 38.2 Å². The van der Waals surface area contributed by atoms with Gasteiger partial charge in [-0.2, -0.15) is 0 Å². The Hall–Kier alpha value is -1.60. The van der Waals surface area contributed by atoms with Crippen molar-refractivity contribution in [3.05, 3.63) is 29.8 Å². The summed E-state index contributed by atoms with van der Waals surface area (Å²) in [4.78, 5) is 12.2. The third kappa shape index (κ3) is 7.63. The Labute approximate surface area is 176 Å². The van der Waals surface area contributed by atoms with E-state index in [1.54, 1.807) is 4.31 Å². The van der Waals surface area contributed by atoms with Crippen molar-refractivity contribution in [3.63, 3.8) is 0 Å². The van der Waals surface area contributed by atoms with Gasteiger partial charge in [0.05, 0.1) is 12.4 Å². The van der Waals surface area contributed by atoms with Gasteiger partial charge in [0.25, 0.3) is 0 Å². The monoisotopic (exact) mass is 424 g/mol. The van der Waals surface area contributed by atoms with Crippen molar-refractivity contribution in [1.29, 1.82) is 0 Å². The second kappa shape index (κ2) is 10.4. The highest BCUT2D eigenvalue weighted by Gasteiger charge is 2.27. The lowest BCUT2D eigenvalue weighted by atomic mass is 9.87. The quantitative estimate of drug-likeness (QED) is 0.616. The molecule has 1 fully saturated rings. The molecule has 2 rings (SSSR count). The van der Waals surface area contributed by atoms with Crippen molar-refractivity contribution < 1.29 is 17.9 Å². The number of rotatable bonds is 9. The molecule has 7 heteroatoms. The van der Waals surface area contributed by atoms with Crippen LogP contribution >= 0.6 is 0 Å². The molecule has 1 N–H and O–H groups in total. The summed E-state index contributed by atoms with van der Waals surface area (Å²) in [6.07, 6.45) is 3.03. The SMILES string of the molecule is CCCS(=O)(=O)N1CCC(NC(=O)CCCOc2ccc(C(C)(C)C)cc2)CC1. The molecule has 6 nitrogen and oxygen atoms in total. The molecule has 1 aromatic carbocycles. The molecule has 0 aromatic heterocycles. The van der Waals surface area contributed by atoms with Gasteiger partial charge in [-0.15, -0.1) is 0 Å². The van der Waals surface area contributed by atoms with E-state index in [1.165, 1.54) is 5.56 Å². The van der Waals surface area contributed by atoms with Gasteiger partial charge in [-0.05, 0) is 48.8 Å². The van der Waals surface area contributed by atoms with Gasteiger partial charge >= 0.3 is 0 Å². The number of carbonyl (C=O) groups excluding carboxylic acids is 1. The number of sulfonamides is 1. The lowest BCUT2D eigenvalue weighted by Crippen LogP contribution is -2.47. The maximum Gasteiger partial charge on any atom is 0.220 e. The van der Waals surface area contributed by atoms with Crippen molar-refractivity contribution in [1.82, 2.24) is 9.62 Å². The summed E-state index contributed by atoms with van der Waals surface area (Å²) in [5.41, 5.74) is 1.38. The Morgan fingerprint density at radius 1 is 1.17 bits per heavy atom. The molecule has 1 heterocycles. The van der Waals surface area contributed by atoms with E-state index < -0.39 is 10.0 Å². The van der Waals surface area contributed by atoms with Crippen molar-refractivity contribution in [2.75, 3.05) is 25.4 Å². The molecule has 0 unspecified atom stereocenters. The van der Waals surface area contributed by atoms with Gasteiger partial charge in [-0.1, -0.05) is 39.8 Å². The van der Waals surface area contributed by atoms with E-state index in [1.807, 2.05) is 19.1 Å². The Kier molecular flexibility index (Phi) is 8.52. The fourth-order valence-electron chi connectivity index (χ4n) is 3.44. The number of ether oxygens (including phenoxy) is 1. The van der Waals surface area contributed by atoms with E-state index in [0.29, 0.717) is 51.8 Å². The van der Waals surface area contributed by atoms with Crippen LogP contribution in [0.1, 0.15) is 65.4 Å². The number of nitrogens with zero attached hydrogens (tertiary/aromatic N) is 1. The van der Waals surface area contributed by atoms with E-state index in [9.17, 15) is 13.2 Å². The summed E-state index contributed by atoms with van der Waals surface area (Å²) in [7, 11) is -3.14. The highest BCUT2D eigenvalue weighted by molar-refractivity contribution is 7.89. The van der Waals surface area contributed by atoms with Gasteiger partial charge in [-0.25, -0.2) is 12.7 Å². The largest absolute Gasteiger partial charge is 0.494 e. The minimum atomic E-state index is -3.14. The van der Waals surface area contributed by atoms with Crippen molar-refractivity contribution in [2.24, 2.45) is 0 Å². The predicted octanol–water partition coefficient (Wildman–Crippen LogP) is 3.46. The van der Waals surface area contributed by atoms with Gasteiger partial charge in [0, 0.05) is 25.6 Å². The fraction of sp³-hybridized carbons (Fsp3) is 0.682. The maximum absolute atomic E-state index is 12.2. The van der Waals surface area contributed by atoms with Crippen LogP contribution in [0.4, 0.5) is 0 Å². The molecule has 1 aliphatic heterocycles. The lowest BCUT2D eigenvalue weighted by molar-refractivity contribution is -0.122. The molecule has 164 valence electrons. The molecule has 1 amide bonds. The Balaban J connectivity index is 1.64. The number of hydrogen-bond donors (Lipinski definition) is 1. The third-order valence-corrected chi connectivity index (χ3v) is 7.29. The van der Waals surface area contributed by atoms with Crippen molar-refractivity contribution >= 4 is 15.9 Å². The van der Waals surface area contributed by atoms with E-state index in [0.717, 1.165) is 5.75 Å². The number of carbonyl (C=O) groups is 1. The molecule has 1 aromatic rings. The second-order valence-electron chi connectivity index (χ2n) is 8.78. The minimum absolute atomic E-state index is 0.00606. The average molecular weight is 425 g/mol. The molecule has 0 aliphatic carbocycles. The van der Waals surface area contributed by atoms with Crippen molar-refractivity contribution in [2.45, 2.75) is 71.3 Å². The maximum atomic E-state index is 12.2. The smallest absolute Gasteiger partial charge is 0.220 e. The summed E-state index contributed by atoms with van der Waals surface area (Å²) < 4.78 is 31.5. The summed E-state index contributed by atoms with van der Waals surface area (Å²) in [6.45, 7) is 9.87. The van der Waals surface area contributed by atoms with E-state index in [4.69, 9.17) is 4.74 Å². The molecule has 0 radical (unpaired) electrons. The van der Waals surface area contributed by atoms with Crippen LogP contribution in [0, 0.1) is 0 Å². The molecule has 0 saturated carbocycles. The van der Waals surface area contributed by atoms with Crippen LogP contribution in [0.15, 0.2) is 24.3 Å². The van der Waals surface area contributed by atoms with Gasteiger partial charge in [0.15, 0.2) is 0 Å². The molecule has 1 aliphatic rings. The van der Waals surface area contributed by atoms with Crippen LogP contribution in [-0.2, 0) is 20.2 Å². The topological polar surface area (TPSA) is 75.7 Å². The van der Waals surface area contributed by atoms with Crippen LogP contribution in [-0.4, -0.2) is 50.1 Å². The predicted molar refractivity (Wildman–Crippen MR) is 117 cm³/mol. The zero-order chi connectivity index (χ0) is 21.5. The minimum Gasteiger partial charge on any atom is -0.494 e. The van der Waals surface area contributed by atoms with Gasteiger partial charge in [0.2, 0.25) is 15.9 Å². The molecule has 29 heavy (non-hydrogen) atoms. The molecular weight excluding hydrogens is 388 g/mol. The van der Waals surface area contributed by atoms with Crippen LogP contribution in [0.3, 0.4) is 0 Å². The first-order valence-corrected chi connectivity index (χ1v) is 12.2. The van der Waals surface area contributed by atoms with E-state index >= 15 is 0 Å².